The Bertz CT molecular complexity index is 993. The van der Waals surface area contributed by atoms with Gasteiger partial charge in [-0.15, -0.1) is 22.7 Å². The summed E-state index contributed by atoms with van der Waals surface area (Å²) in [4.78, 5) is 31.1. The molecule has 0 bridgehead atoms. The Labute approximate surface area is 153 Å². The molecule has 0 fully saturated rings. The van der Waals surface area contributed by atoms with Gasteiger partial charge in [0.15, 0.2) is 5.13 Å². The van der Waals surface area contributed by atoms with Crippen molar-refractivity contribution in [2.45, 2.75) is 0 Å². The molecular weight excluding hydrogens is 376 g/mol. The van der Waals surface area contributed by atoms with E-state index in [4.69, 9.17) is 0 Å². The molecule has 0 spiro atoms. The Morgan fingerprint density at radius 2 is 1.80 bits per heavy atom. The van der Waals surface area contributed by atoms with Gasteiger partial charge in [-0.05, 0) is 29.0 Å². The SMILES string of the molecule is O=C(Nc1nc(-c2cccs2)c(-c2cccs2)s1)c1ccc(=O)[nH]n1. The first kappa shape index (κ1) is 15.9. The van der Waals surface area contributed by atoms with Crippen LogP contribution in [0.15, 0.2) is 52.0 Å². The molecule has 0 aromatic carbocycles. The third kappa shape index (κ3) is 3.29. The average molecular weight is 386 g/mol. The molecule has 4 aromatic rings. The van der Waals surface area contributed by atoms with Crippen LogP contribution in [-0.4, -0.2) is 21.1 Å². The number of carbonyl (C=O) groups excluding carboxylic acids is 1. The van der Waals surface area contributed by atoms with E-state index in [0.29, 0.717) is 5.13 Å². The smallest absolute Gasteiger partial charge is 0.277 e. The van der Waals surface area contributed by atoms with Gasteiger partial charge in [-0.1, -0.05) is 23.5 Å². The maximum atomic E-state index is 12.3. The lowest BCUT2D eigenvalue weighted by molar-refractivity contribution is 0.102. The van der Waals surface area contributed by atoms with Crippen LogP contribution in [0.1, 0.15) is 10.5 Å². The third-order valence-electron chi connectivity index (χ3n) is 3.26. The predicted octanol–water partition coefficient (Wildman–Crippen LogP) is 3.94. The van der Waals surface area contributed by atoms with Crippen LogP contribution < -0.4 is 10.9 Å². The van der Waals surface area contributed by atoms with Gasteiger partial charge in [0.25, 0.3) is 11.5 Å². The van der Waals surface area contributed by atoms with E-state index in [9.17, 15) is 9.59 Å². The highest BCUT2D eigenvalue weighted by atomic mass is 32.1. The molecule has 0 aliphatic carbocycles. The average Bonchev–Trinajstić information content (AvgIpc) is 3.36. The number of nitrogens with zero attached hydrogens (tertiary/aromatic N) is 2. The second kappa shape index (κ2) is 6.71. The summed E-state index contributed by atoms with van der Waals surface area (Å²) >= 11 is 4.65. The first-order valence-electron chi connectivity index (χ1n) is 7.16. The molecule has 1 amide bonds. The highest BCUT2D eigenvalue weighted by Crippen LogP contribution is 2.42. The first-order chi connectivity index (χ1) is 12.2. The fraction of sp³-hybridized carbons (Fsp3) is 0. The molecule has 2 N–H and O–H groups in total. The molecule has 9 heteroatoms. The normalized spacial score (nSPS) is 10.7. The maximum Gasteiger partial charge on any atom is 0.277 e. The quantitative estimate of drug-likeness (QED) is 0.556. The Morgan fingerprint density at radius 1 is 1.04 bits per heavy atom. The van der Waals surface area contributed by atoms with Crippen molar-refractivity contribution in [3.05, 3.63) is 63.2 Å². The van der Waals surface area contributed by atoms with E-state index in [1.807, 2.05) is 35.0 Å². The molecule has 124 valence electrons. The minimum atomic E-state index is -0.416. The van der Waals surface area contributed by atoms with Gasteiger partial charge in [-0.3, -0.25) is 14.9 Å². The van der Waals surface area contributed by atoms with Gasteiger partial charge in [-0.2, -0.15) is 5.10 Å². The van der Waals surface area contributed by atoms with Gasteiger partial charge in [0, 0.05) is 10.9 Å². The second-order valence-corrected chi connectivity index (χ2v) is 7.81. The van der Waals surface area contributed by atoms with Gasteiger partial charge in [-0.25, -0.2) is 10.1 Å². The lowest BCUT2D eigenvalue weighted by Gasteiger charge is -1.99. The predicted molar refractivity (Wildman–Crippen MR) is 102 cm³/mol. The molecule has 4 rings (SSSR count). The van der Waals surface area contributed by atoms with Crippen molar-refractivity contribution in [2.24, 2.45) is 0 Å². The van der Waals surface area contributed by atoms with E-state index in [2.05, 4.69) is 20.5 Å². The minimum Gasteiger partial charge on any atom is -0.296 e. The van der Waals surface area contributed by atoms with Crippen molar-refractivity contribution in [1.29, 1.82) is 0 Å². The number of anilines is 1. The van der Waals surface area contributed by atoms with Gasteiger partial charge < -0.3 is 0 Å². The monoisotopic (exact) mass is 386 g/mol. The molecule has 25 heavy (non-hydrogen) atoms. The van der Waals surface area contributed by atoms with Crippen LogP contribution >= 0.6 is 34.0 Å². The summed E-state index contributed by atoms with van der Waals surface area (Å²) in [5, 5.41) is 13.2. The number of thiazole rings is 1. The lowest BCUT2D eigenvalue weighted by atomic mass is 10.3. The van der Waals surface area contributed by atoms with E-state index >= 15 is 0 Å². The number of nitrogens with one attached hydrogen (secondary N) is 2. The van der Waals surface area contributed by atoms with Crippen LogP contribution in [0, 0.1) is 0 Å². The van der Waals surface area contributed by atoms with E-state index < -0.39 is 5.91 Å². The Morgan fingerprint density at radius 3 is 2.44 bits per heavy atom. The zero-order chi connectivity index (χ0) is 17.2. The fourth-order valence-electron chi connectivity index (χ4n) is 2.16. The molecule has 4 aromatic heterocycles. The van der Waals surface area contributed by atoms with Crippen LogP contribution in [0.25, 0.3) is 20.3 Å². The van der Waals surface area contributed by atoms with Gasteiger partial charge in [0.05, 0.1) is 9.75 Å². The molecule has 0 atom stereocenters. The van der Waals surface area contributed by atoms with Crippen LogP contribution in [0.2, 0.25) is 0 Å². The number of rotatable bonds is 4. The van der Waals surface area contributed by atoms with Crippen LogP contribution in [0.5, 0.6) is 0 Å². The van der Waals surface area contributed by atoms with E-state index in [-0.39, 0.29) is 11.3 Å². The Balaban J connectivity index is 1.69. The van der Waals surface area contributed by atoms with Crippen molar-refractivity contribution in [3.63, 3.8) is 0 Å². The zero-order valence-corrected chi connectivity index (χ0v) is 15.0. The number of aromatic amines is 1. The Kier molecular flexibility index (Phi) is 4.26. The number of aromatic nitrogens is 3. The third-order valence-corrected chi connectivity index (χ3v) is 6.16. The summed E-state index contributed by atoms with van der Waals surface area (Å²) < 4.78 is 0. The summed E-state index contributed by atoms with van der Waals surface area (Å²) in [6.45, 7) is 0. The van der Waals surface area contributed by atoms with Crippen molar-refractivity contribution in [1.82, 2.24) is 15.2 Å². The standard InChI is InChI=1S/C16H10N4O2S3/c21-12-6-5-9(19-20-12)15(22)18-16-17-13(10-3-1-7-23-10)14(25-16)11-4-2-8-24-11/h1-8H,(H,20,21)(H,17,18,22). The molecule has 0 saturated carbocycles. The van der Waals surface area contributed by atoms with Gasteiger partial charge in [0.2, 0.25) is 0 Å². The first-order valence-corrected chi connectivity index (χ1v) is 9.74. The number of thiophene rings is 2. The second-order valence-electron chi connectivity index (χ2n) is 4.91. The van der Waals surface area contributed by atoms with Crippen molar-refractivity contribution >= 4 is 45.0 Å². The summed E-state index contributed by atoms with van der Waals surface area (Å²) in [6, 6.07) is 10.6. The summed E-state index contributed by atoms with van der Waals surface area (Å²) in [5.74, 6) is -0.416. The highest BCUT2D eigenvalue weighted by Gasteiger charge is 2.18. The molecule has 0 radical (unpaired) electrons. The maximum absolute atomic E-state index is 12.3. The number of H-pyrrole nitrogens is 1. The molecular formula is C16H10N4O2S3. The van der Waals surface area contributed by atoms with E-state index in [1.165, 1.54) is 23.5 Å². The molecule has 0 unspecified atom stereocenters. The largest absolute Gasteiger partial charge is 0.296 e. The molecule has 0 aliphatic rings. The van der Waals surface area contributed by atoms with Crippen LogP contribution in [0.4, 0.5) is 5.13 Å². The minimum absolute atomic E-state index is 0.130. The molecule has 0 aliphatic heterocycles. The number of hydrogen-bond acceptors (Lipinski definition) is 7. The topological polar surface area (TPSA) is 87.7 Å². The molecule has 0 saturated heterocycles. The summed E-state index contributed by atoms with van der Waals surface area (Å²) in [7, 11) is 0. The number of amides is 1. The van der Waals surface area contributed by atoms with Crippen molar-refractivity contribution < 1.29 is 4.79 Å². The summed E-state index contributed by atoms with van der Waals surface area (Å²) in [6.07, 6.45) is 0. The fourth-order valence-corrected chi connectivity index (χ4v) is 4.77. The number of hydrogen-bond donors (Lipinski definition) is 2. The van der Waals surface area contributed by atoms with E-state index in [0.717, 1.165) is 20.3 Å². The van der Waals surface area contributed by atoms with Crippen molar-refractivity contribution in [3.8, 4) is 20.3 Å². The molecule has 4 heterocycles. The highest BCUT2D eigenvalue weighted by molar-refractivity contribution is 7.24. The van der Waals surface area contributed by atoms with E-state index in [1.54, 1.807) is 22.7 Å². The lowest BCUT2D eigenvalue weighted by Crippen LogP contribution is -2.17. The summed E-state index contributed by atoms with van der Waals surface area (Å²) in [5.41, 5.74) is 0.628. The van der Waals surface area contributed by atoms with Crippen LogP contribution in [0.3, 0.4) is 0 Å². The van der Waals surface area contributed by atoms with Crippen molar-refractivity contribution in [2.75, 3.05) is 5.32 Å². The van der Waals surface area contributed by atoms with Gasteiger partial charge in [0.1, 0.15) is 11.4 Å². The zero-order valence-electron chi connectivity index (χ0n) is 12.6. The number of carbonyl (C=O) groups is 1. The van der Waals surface area contributed by atoms with Crippen LogP contribution in [-0.2, 0) is 0 Å². The Hall–Kier alpha value is -2.62. The molecule has 6 nitrogen and oxygen atoms in total. The van der Waals surface area contributed by atoms with Gasteiger partial charge >= 0.3 is 0 Å².